The van der Waals surface area contributed by atoms with E-state index in [1.165, 1.54) is 4.90 Å². The Hall–Kier alpha value is -1.72. The van der Waals surface area contributed by atoms with Crippen LogP contribution in [0.2, 0.25) is 5.15 Å². The van der Waals surface area contributed by atoms with Gasteiger partial charge in [-0.2, -0.15) is 0 Å². The maximum atomic E-state index is 5.79. The number of rotatable bonds is 7. The van der Waals surface area contributed by atoms with Crippen LogP contribution in [0.4, 0.5) is 0 Å². The Bertz CT molecular complexity index is 631. The summed E-state index contributed by atoms with van der Waals surface area (Å²) in [4.78, 5) is 9.63. The summed E-state index contributed by atoms with van der Waals surface area (Å²) in [5, 5.41) is 7.66. The first-order chi connectivity index (χ1) is 11.7. The molecule has 1 atom stereocenters. The lowest BCUT2D eigenvalue weighted by atomic mass is 10.2. The Morgan fingerprint density at radius 1 is 1.21 bits per heavy atom. The van der Waals surface area contributed by atoms with Crippen molar-refractivity contribution in [2.24, 2.45) is 4.99 Å². The zero-order valence-corrected chi connectivity index (χ0v) is 15.6. The molecular weight excluding hydrogens is 340 g/mol. The van der Waals surface area contributed by atoms with Gasteiger partial charge in [0.05, 0.1) is 0 Å². The van der Waals surface area contributed by atoms with Gasteiger partial charge < -0.3 is 10.6 Å². The van der Waals surface area contributed by atoms with Crippen LogP contribution in [-0.4, -0.2) is 36.3 Å². The Labute approximate surface area is 153 Å². The fourth-order valence-electron chi connectivity index (χ4n) is 2.11. The third kappa shape index (κ3) is 6.81. The summed E-state index contributed by atoms with van der Waals surface area (Å²) in [6.45, 7) is 3.85. The van der Waals surface area contributed by atoms with Gasteiger partial charge in [0.25, 0.3) is 0 Å². The first-order valence-electron chi connectivity index (χ1n) is 7.94. The molecule has 6 heteroatoms. The van der Waals surface area contributed by atoms with Crippen LogP contribution in [-0.2, 0) is 6.42 Å². The second-order valence-electron chi connectivity index (χ2n) is 5.36. The van der Waals surface area contributed by atoms with Crippen molar-refractivity contribution in [3.05, 3.63) is 59.4 Å². The largest absolute Gasteiger partial charge is 0.356 e. The molecule has 4 nitrogen and oxygen atoms in total. The number of thioether (sulfide) groups is 1. The van der Waals surface area contributed by atoms with Crippen molar-refractivity contribution in [3.8, 4) is 0 Å². The molecule has 128 valence electrons. The fraction of sp³-hybridized carbons (Fsp3) is 0.333. The number of guanidine groups is 1. The van der Waals surface area contributed by atoms with E-state index in [-0.39, 0.29) is 0 Å². The van der Waals surface area contributed by atoms with Crippen molar-refractivity contribution in [3.63, 3.8) is 0 Å². The molecule has 1 heterocycles. The molecule has 0 saturated heterocycles. The van der Waals surface area contributed by atoms with Gasteiger partial charge in [-0.25, -0.2) is 4.98 Å². The summed E-state index contributed by atoms with van der Waals surface area (Å²) in [7, 11) is 1.79. The lowest BCUT2D eigenvalue weighted by Crippen LogP contribution is -2.40. The average Bonchev–Trinajstić information content (AvgIpc) is 2.60. The second kappa shape index (κ2) is 10.2. The van der Waals surface area contributed by atoms with Crippen LogP contribution in [0.1, 0.15) is 12.5 Å². The first kappa shape index (κ1) is 18.6. The molecule has 0 aliphatic heterocycles. The molecule has 0 spiro atoms. The molecule has 1 aromatic carbocycles. The van der Waals surface area contributed by atoms with Crippen LogP contribution in [0.25, 0.3) is 0 Å². The monoisotopic (exact) mass is 362 g/mol. The predicted octanol–water partition coefficient (Wildman–Crippen LogP) is 3.62. The van der Waals surface area contributed by atoms with Gasteiger partial charge in [-0.15, -0.1) is 11.8 Å². The number of nitrogens with one attached hydrogen (secondary N) is 2. The van der Waals surface area contributed by atoms with Crippen LogP contribution in [0.5, 0.6) is 0 Å². The van der Waals surface area contributed by atoms with Gasteiger partial charge in [-0.3, -0.25) is 4.99 Å². The Kier molecular flexibility index (Phi) is 7.92. The summed E-state index contributed by atoms with van der Waals surface area (Å²) in [5.41, 5.74) is 1.15. The van der Waals surface area contributed by atoms with E-state index < -0.39 is 0 Å². The molecule has 2 N–H and O–H groups in total. The molecule has 0 fully saturated rings. The van der Waals surface area contributed by atoms with E-state index in [0.717, 1.165) is 31.0 Å². The van der Waals surface area contributed by atoms with Gasteiger partial charge in [0.15, 0.2) is 5.96 Å². The lowest BCUT2D eigenvalue weighted by molar-refractivity contribution is 0.779. The van der Waals surface area contributed by atoms with Gasteiger partial charge in [0, 0.05) is 36.5 Å². The summed E-state index contributed by atoms with van der Waals surface area (Å²) >= 11 is 7.64. The van der Waals surface area contributed by atoms with Gasteiger partial charge in [-0.1, -0.05) is 42.8 Å². The highest BCUT2D eigenvalue weighted by molar-refractivity contribution is 8.00. The molecule has 0 aliphatic carbocycles. The molecule has 24 heavy (non-hydrogen) atoms. The number of aromatic nitrogens is 1. The maximum absolute atomic E-state index is 5.79. The number of nitrogens with zero attached hydrogens (tertiary/aromatic N) is 2. The first-order valence-corrected chi connectivity index (χ1v) is 9.20. The quantitative estimate of drug-likeness (QED) is 0.342. The molecule has 2 rings (SSSR count). The molecule has 0 bridgehead atoms. The fourth-order valence-corrected chi connectivity index (χ4v) is 3.17. The molecule has 0 radical (unpaired) electrons. The highest BCUT2D eigenvalue weighted by Gasteiger charge is 2.05. The number of aliphatic imine (C=N–C) groups is 1. The van der Waals surface area contributed by atoms with Crippen molar-refractivity contribution in [1.82, 2.24) is 15.6 Å². The molecule has 2 aromatic rings. The standard InChI is InChI=1S/C18H23ClN4S/c1-14(24-16-6-4-3-5-7-16)12-23-18(20-2)21-11-10-15-8-9-17(19)22-13-15/h3-9,13-14H,10-12H2,1-2H3,(H2,20,21,23). The third-order valence-corrected chi connectivity index (χ3v) is 4.69. The zero-order valence-electron chi connectivity index (χ0n) is 14.0. The number of benzene rings is 1. The smallest absolute Gasteiger partial charge is 0.191 e. The van der Waals surface area contributed by atoms with Gasteiger partial charge in [0.1, 0.15) is 5.15 Å². The van der Waals surface area contributed by atoms with E-state index >= 15 is 0 Å². The SMILES string of the molecule is CN=C(NCCc1ccc(Cl)nc1)NCC(C)Sc1ccccc1. The van der Waals surface area contributed by atoms with E-state index in [0.29, 0.717) is 10.4 Å². The summed E-state index contributed by atoms with van der Waals surface area (Å²) in [6, 6.07) is 14.2. The van der Waals surface area contributed by atoms with Crippen molar-refractivity contribution in [1.29, 1.82) is 0 Å². The van der Waals surface area contributed by atoms with Crippen LogP contribution < -0.4 is 10.6 Å². The molecule has 0 saturated carbocycles. The molecule has 0 amide bonds. The predicted molar refractivity (Wildman–Crippen MR) is 104 cm³/mol. The van der Waals surface area contributed by atoms with Gasteiger partial charge in [-0.05, 0) is 30.2 Å². The minimum atomic E-state index is 0.450. The minimum Gasteiger partial charge on any atom is -0.356 e. The van der Waals surface area contributed by atoms with E-state index in [4.69, 9.17) is 11.6 Å². The lowest BCUT2D eigenvalue weighted by Gasteiger charge is -2.16. The van der Waals surface area contributed by atoms with Crippen LogP contribution in [0.15, 0.2) is 58.5 Å². The topological polar surface area (TPSA) is 49.3 Å². The van der Waals surface area contributed by atoms with Crippen LogP contribution in [0, 0.1) is 0 Å². The van der Waals surface area contributed by atoms with Gasteiger partial charge in [0.2, 0.25) is 0 Å². The van der Waals surface area contributed by atoms with Crippen molar-refractivity contribution >= 4 is 29.3 Å². The highest BCUT2D eigenvalue weighted by Crippen LogP contribution is 2.21. The number of hydrogen-bond acceptors (Lipinski definition) is 3. The van der Waals surface area contributed by atoms with Gasteiger partial charge >= 0.3 is 0 Å². The molecule has 1 aromatic heterocycles. The Balaban J connectivity index is 1.69. The highest BCUT2D eigenvalue weighted by atomic mass is 35.5. The van der Waals surface area contributed by atoms with Crippen molar-refractivity contribution in [2.75, 3.05) is 20.1 Å². The van der Waals surface area contributed by atoms with E-state index in [2.05, 4.69) is 51.8 Å². The van der Waals surface area contributed by atoms with Crippen molar-refractivity contribution in [2.45, 2.75) is 23.5 Å². The molecule has 1 unspecified atom stereocenters. The zero-order chi connectivity index (χ0) is 17.2. The normalized spacial score (nSPS) is 12.7. The Morgan fingerprint density at radius 3 is 2.67 bits per heavy atom. The van der Waals surface area contributed by atoms with E-state index in [1.54, 1.807) is 13.2 Å². The van der Waals surface area contributed by atoms with Crippen LogP contribution >= 0.6 is 23.4 Å². The minimum absolute atomic E-state index is 0.450. The average molecular weight is 363 g/mol. The van der Waals surface area contributed by atoms with E-state index in [9.17, 15) is 0 Å². The maximum Gasteiger partial charge on any atom is 0.191 e. The molecule has 0 aliphatic rings. The van der Waals surface area contributed by atoms with E-state index in [1.807, 2.05) is 30.0 Å². The number of halogens is 1. The Morgan fingerprint density at radius 2 is 2.00 bits per heavy atom. The van der Waals surface area contributed by atoms with Crippen molar-refractivity contribution < 1.29 is 0 Å². The number of hydrogen-bond donors (Lipinski definition) is 2. The summed E-state index contributed by atoms with van der Waals surface area (Å²) in [5.74, 6) is 0.817. The summed E-state index contributed by atoms with van der Waals surface area (Å²) in [6.07, 6.45) is 2.68. The molecular formula is C18H23ClN4S. The van der Waals surface area contributed by atoms with Crippen LogP contribution in [0.3, 0.4) is 0 Å². The second-order valence-corrected chi connectivity index (χ2v) is 7.26. The third-order valence-electron chi connectivity index (χ3n) is 3.36. The summed E-state index contributed by atoms with van der Waals surface area (Å²) < 4.78 is 0. The number of pyridine rings is 1.